The third-order valence-corrected chi connectivity index (χ3v) is 1.77. The molecule has 0 spiro atoms. The number of hydrogen-bond donors (Lipinski definition) is 0. The number of halogens is 1. The lowest BCUT2D eigenvalue weighted by molar-refractivity contribution is -0.128. The number of carbonyl (C=O) groups excluding carboxylic acids is 1. The van der Waals surface area contributed by atoms with Crippen LogP contribution in [-0.2, 0) is 16.0 Å². The highest BCUT2D eigenvalue weighted by Crippen LogP contribution is 2.09. The lowest BCUT2D eigenvalue weighted by atomic mass is 10.2. The van der Waals surface area contributed by atoms with E-state index < -0.39 is 0 Å². The molecular formula is C8H8BrNO2. The Hall–Kier alpha value is -0.900. The molecule has 0 saturated heterocycles. The largest absolute Gasteiger partial charge is 0.468 e. The molecule has 0 aliphatic carbocycles. The second-order valence-corrected chi connectivity index (χ2v) is 3.14. The molecule has 1 rings (SSSR count). The Morgan fingerprint density at radius 2 is 2.42 bits per heavy atom. The Kier molecular flexibility index (Phi) is 3.73. The molecule has 1 aromatic rings. The maximum atomic E-state index is 9.81. The molecule has 1 aromatic heterocycles. The van der Waals surface area contributed by atoms with Gasteiger partial charge in [-0.15, -0.1) is 0 Å². The van der Waals surface area contributed by atoms with Gasteiger partial charge in [-0.05, 0) is 27.6 Å². The average molecular weight is 230 g/mol. The predicted octanol–water partition coefficient (Wildman–Crippen LogP) is 1.56. The van der Waals surface area contributed by atoms with E-state index in [1.165, 1.54) is 0 Å². The first-order valence-corrected chi connectivity index (χ1v) is 4.27. The predicted molar refractivity (Wildman–Crippen MR) is 47.7 cm³/mol. The van der Waals surface area contributed by atoms with Gasteiger partial charge in [0.2, 0.25) is 0 Å². The molecule has 0 aliphatic heterocycles. The Labute approximate surface area is 78.9 Å². The van der Waals surface area contributed by atoms with Crippen LogP contribution in [0.2, 0.25) is 0 Å². The summed E-state index contributed by atoms with van der Waals surface area (Å²) in [5, 5.41) is 0. The van der Waals surface area contributed by atoms with Gasteiger partial charge in [-0.25, -0.2) is 0 Å². The summed E-state index contributed by atoms with van der Waals surface area (Å²) in [6.45, 7) is 0.854. The highest BCUT2D eigenvalue weighted by Gasteiger charge is 1.94. The van der Waals surface area contributed by atoms with Crippen molar-refractivity contribution in [2.75, 3.05) is 6.61 Å². The van der Waals surface area contributed by atoms with Crippen molar-refractivity contribution in [1.82, 2.24) is 4.98 Å². The van der Waals surface area contributed by atoms with Gasteiger partial charge in [0.15, 0.2) is 0 Å². The molecule has 0 amide bonds. The van der Waals surface area contributed by atoms with Crippen LogP contribution >= 0.6 is 15.9 Å². The van der Waals surface area contributed by atoms with E-state index in [-0.39, 0.29) is 0 Å². The van der Waals surface area contributed by atoms with E-state index >= 15 is 0 Å². The Balaban J connectivity index is 2.46. The second-order valence-electron chi connectivity index (χ2n) is 2.23. The van der Waals surface area contributed by atoms with E-state index in [1.807, 2.05) is 6.07 Å². The van der Waals surface area contributed by atoms with Crippen molar-refractivity contribution >= 4 is 22.4 Å². The number of rotatable bonds is 4. The summed E-state index contributed by atoms with van der Waals surface area (Å²) in [5.41, 5.74) is 1.05. The standard InChI is InChI=1S/C8H8BrNO2/c9-8-3-7(4-10-5-8)1-2-12-6-11/h3-6H,1-2H2. The zero-order chi connectivity index (χ0) is 8.81. The molecule has 0 atom stereocenters. The van der Waals surface area contributed by atoms with Gasteiger partial charge in [-0.1, -0.05) is 0 Å². The monoisotopic (exact) mass is 229 g/mol. The minimum absolute atomic E-state index is 0.404. The van der Waals surface area contributed by atoms with Crippen LogP contribution in [0.3, 0.4) is 0 Å². The number of aromatic nitrogens is 1. The first-order valence-electron chi connectivity index (χ1n) is 3.47. The quantitative estimate of drug-likeness (QED) is 0.582. The minimum atomic E-state index is 0.404. The summed E-state index contributed by atoms with van der Waals surface area (Å²) in [6, 6.07) is 1.95. The average Bonchev–Trinajstić information content (AvgIpc) is 2.05. The molecule has 0 unspecified atom stereocenters. The third-order valence-electron chi connectivity index (χ3n) is 1.34. The number of ether oxygens (including phenoxy) is 1. The van der Waals surface area contributed by atoms with Crippen molar-refractivity contribution in [3.8, 4) is 0 Å². The summed E-state index contributed by atoms with van der Waals surface area (Å²) in [5.74, 6) is 0. The molecule has 12 heavy (non-hydrogen) atoms. The molecule has 0 N–H and O–H groups in total. The topological polar surface area (TPSA) is 39.2 Å². The Morgan fingerprint density at radius 1 is 1.58 bits per heavy atom. The zero-order valence-electron chi connectivity index (χ0n) is 6.37. The summed E-state index contributed by atoms with van der Waals surface area (Å²) < 4.78 is 5.49. The van der Waals surface area contributed by atoms with E-state index in [0.717, 1.165) is 10.0 Å². The molecule has 0 fully saturated rings. The highest BCUT2D eigenvalue weighted by atomic mass is 79.9. The van der Waals surface area contributed by atoms with Gasteiger partial charge in [0, 0.05) is 23.3 Å². The number of carbonyl (C=O) groups is 1. The molecule has 64 valence electrons. The summed E-state index contributed by atoms with van der Waals surface area (Å²) in [6.07, 6.45) is 4.16. The van der Waals surface area contributed by atoms with Gasteiger partial charge in [-0.2, -0.15) is 0 Å². The molecule has 0 saturated carbocycles. The maximum absolute atomic E-state index is 9.81. The van der Waals surface area contributed by atoms with Crippen LogP contribution in [0, 0.1) is 0 Å². The van der Waals surface area contributed by atoms with Gasteiger partial charge >= 0.3 is 0 Å². The van der Waals surface area contributed by atoms with Crippen molar-refractivity contribution in [1.29, 1.82) is 0 Å². The molecule has 0 radical (unpaired) electrons. The lowest BCUT2D eigenvalue weighted by Crippen LogP contribution is -1.96. The summed E-state index contributed by atoms with van der Waals surface area (Å²) in [4.78, 5) is 13.8. The van der Waals surface area contributed by atoms with Crippen molar-refractivity contribution in [3.05, 3.63) is 28.5 Å². The van der Waals surface area contributed by atoms with Crippen molar-refractivity contribution in [2.45, 2.75) is 6.42 Å². The van der Waals surface area contributed by atoms with Crippen LogP contribution in [0.25, 0.3) is 0 Å². The molecular weight excluding hydrogens is 222 g/mol. The molecule has 0 aromatic carbocycles. The minimum Gasteiger partial charge on any atom is -0.468 e. The first kappa shape index (κ1) is 9.19. The Bertz CT molecular complexity index is 265. The van der Waals surface area contributed by atoms with Crippen LogP contribution in [-0.4, -0.2) is 18.1 Å². The van der Waals surface area contributed by atoms with Crippen LogP contribution in [0.5, 0.6) is 0 Å². The Morgan fingerprint density at radius 3 is 3.08 bits per heavy atom. The molecule has 0 aliphatic rings. The van der Waals surface area contributed by atoms with Gasteiger partial charge in [0.05, 0.1) is 6.61 Å². The smallest absolute Gasteiger partial charge is 0.293 e. The normalized spacial score (nSPS) is 9.42. The fraction of sp³-hybridized carbons (Fsp3) is 0.250. The highest BCUT2D eigenvalue weighted by molar-refractivity contribution is 9.10. The number of hydrogen-bond acceptors (Lipinski definition) is 3. The second kappa shape index (κ2) is 4.87. The lowest BCUT2D eigenvalue weighted by Gasteiger charge is -1.99. The fourth-order valence-electron chi connectivity index (χ4n) is 0.817. The molecule has 1 heterocycles. The van der Waals surface area contributed by atoms with Crippen LogP contribution in [0.15, 0.2) is 22.9 Å². The molecule has 3 nitrogen and oxygen atoms in total. The van der Waals surface area contributed by atoms with Crippen molar-refractivity contribution in [3.63, 3.8) is 0 Å². The van der Waals surface area contributed by atoms with Gasteiger partial charge in [0.25, 0.3) is 6.47 Å². The fourth-order valence-corrected chi connectivity index (χ4v) is 1.23. The van der Waals surface area contributed by atoms with Crippen molar-refractivity contribution < 1.29 is 9.53 Å². The van der Waals surface area contributed by atoms with E-state index in [1.54, 1.807) is 12.4 Å². The first-order chi connectivity index (χ1) is 5.83. The molecule has 4 heteroatoms. The van der Waals surface area contributed by atoms with Gasteiger partial charge < -0.3 is 4.74 Å². The van der Waals surface area contributed by atoms with Crippen LogP contribution in [0.4, 0.5) is 0 Å². The van der Waals surface area contributed by atoms with Gasteiger partial charge in [-0.3, -0.25) is 9.78 Å². The maximum Gasteiger partial charge on any atom is 0.293 e. The third kappa shape index (κ3) is 3.00. The SMILES string of the molecule is O=COCCc1cncc(Br)c1. The molecule has 0 bridgehead atoms. The van der Waals surface area contributed by atoms with E-state index in [4.69, 9.17) is 0 Å². The zero-order valence-corrected chi connectivity index (χ0v) is 7.95. The van der Waals surface area contributed by atoms with Crippen LogP contribution < -0.4 is 0 Å². The summed E-state index contributed by atoms with van der Waals surface area (Å²) >= 11 is 3.30. The van der Waals surface area contributed by atoms with E-state index in [2.05, 4.69) is 25.7 Å². The number of nitrogens with zero attached hydrogens (tertiary/aromatic N) is 1. The van der Waals surface area contributed by atoms with Crippen molar-refractivity contribution in [2.24, 2.45) is 0 Å². The van der Waals surface area contributed by atoms with Gasteiger partial charge in [0.1, 0.15) is 0 Å². The summed E-state index contributed by atoms with van der Waals surface area (Å²) in [7, 11) is 0. The van der Waals surface area contributed by atoms with E-state index in [9.17, 15) is 4.79 Å². The van der Waals surface area contributed by atoms with E-state index in [0.29, 0.717) is 19.5 Å². The van der Waals surface area contributed by atoms with Crippen LogP contribution in [0.1, 0.15) is 5.56 Å². The number of pyridine rings is 1.